The maximum absolute atomic E-state index is 14.0. The van der Waals surface area contributed by atoms with Crippen molar-refractivity contribution in [2.45, 2.75) is 31.0 Å². The van der Waals surface area contributed by atoms with Crippen LogP contribution < -0.4 is 4.90 Å². The third-order valence-corrected chi connectivity index (χ3v) is 6.53. The van der Waals surface area contributed by atoms with Crippen molar-refractivity contribution in [1.29, 1.82) is 0 Å². The summed E-state index contributed by atoms with van der Waals surface area (Å²) in [5.74, 6) is -0.291. The third kappa shape index (κ3) is 2.51. The van der Waals surface area contributed by atoms with Gasteiger partial charge in [-0.15, -0.1) is 0 Å². The van der Waals surface area contributed by atoms with E-state index in [0.717, 1.165) is 22.2 Å². The minimum absolute atomic E-state index is 0.0237. The fourth-order valence-electron chi connectivity index (χ4n) is 4.47. The number of hydrogen-bond acceptors (Lipinski definition) is 3. The van der Waals surface area contributed by atoms with Gasteiger partial charge in [0.25, 0.3) is 0 Å². The van der Waals surface area contributed by atoms with Crippen molar-refractivity contribution in [2.75, 3.05) is 11.9 Å². The Kier molecular flexibility index (Phi) is 4.03. The first-order valence-electron chi connectivity index (χ1n) is 9.21. The molecule has 2 aromatic carbocycles. The summed E-state index contributed by atoms with van der Waals surface area (Å²) < 4.78 is 20.4. The molecule has 0 unspecified atom stereocenters. The van der Waals surface area contributed by atoms with Crippen molar-refractivity contribution >= 4 is 38.4 Å². The van der Waals surface area contributed by atoms with Crippen LogP contribution in [-0.2, 0) is 21.6 Å². The Hall–Kier alpha value is -2.31. The maximum Gasteiger partial charge on any atom is 0.237 e. The normalized spacial score (nSPS) is 23.3. The van der Waals surface area contributed by atoms with Crippen LogP contribution in [0.15, 0.2) is 53.1 Å². The number of amides is 1. The van der Waals surface area contributed by atoms with Crippen LogP contribution in [0.25, 0.3) is 10.9 Å². The lowest BCUT2D eigenvalue weighted by atomic mass is 9.62. The molecule has 0 atom stereocenters. The van der Waals surface area contributed by atoms with E-state index >= 15 is 0 Å². The summed E-state index contributed by atoms with van der Waals surface area (Å²) in [5.41, 5.74) is 2.83. The molecule has 1 saturated carbocycles. The molecule has 0 saturated heterocycles. The van der Waals surface area contributed by atoms with Crippen LogP contribution in [0.2, 0.25) is 0 Å². The van der Waals surface area contributed by atoms with Crippen molar-refractivity contribution in [3.63, 3.8) is 0 Å². The number of aromatic nitrogens is 1. The molecule has 1 fully saturated rings. The van der Waals surface area contributed by atoms with Gasteiger partial charge in [-0.05, 0) is 40.4 Å². The van der Waals surface area contributed by atoms with Gasteiger partial charge in [0, 0.05) is 24.1 Å². The van der Waals surface area contributed by atoms with E-state index in [1.54, 1.807) is 24.2 Å². The minimum Gasteiger partial charge on any atom is -0.373 e. The van der Waals surface area contributed by atoms with Crippen molar-refractivity contribution in [3.8, 4) is 0 Å². The van der Waals surface area contributed by atoms with E-state index in [0.29, 0.717) is 29.4 Å². The van der Waals surface area contributed by atoms with Crippen LogP contribution >= 0.6 is 15.9 Å². The first-order chi connectivity index (χ1) is 13.5. The van der Waals surface area contributed by atoms with E-state index in [2.05, 4.69) is 20.9 Å². The molecule has 1 amide bonds. The highest BCUT2D eigenvalue weighted by molar-refractivity contribution is 9.10. The lowest BCUT2D eigenvalue weighted by Gasteiger charge is -2.43. The third-order valence-electron chi connectivity index (χ3n) is 5.92. The Bertz CT molecular complexity index is 1100. The van der Waals surface area contributed by atoms with Crippen LogP contribution in [-0.4, -0.2) is 24.0 Å². The van der Waals surface area contributed by atoms with Crippen LogP contribution in [0, 0.1) is 5.82 Å². The molecule has 1 aliphatic heterocycles. The predicted molar refractivity (Wildman–Crippen MR) is 109 cm³/mol. The topological polar surface area (TPSA) is 42.4 Å². The second-order valence-corrected chi connectivity index (χ2v) is 8.43. The molecule has 0 bridgehead atoms. The van der Waals surface area contributed by atoms with Gasteiger partial charge in [0.2, 0.25) is 5.91 Å². The van der Waals surface area contributed by atoms with Gasteiger partial charge in [-0.25, -0.2) is 4.39 Å². The van der Waals surface area contributed by atoms with E-state index in [1.807, 2.05) is 30.3 Å². The van der Waals surface area contributed by atoms with Gasteiger partial charge in [-0.2, -0.15) is 0 Å². The van der Waals surface area contributed by atoms with Gasteiger partial charge in [0.05, 0.1) is 40.0 Å². The molecule has 142 valence electrons. The number of pyridine rings is 1. The number of fused-ring (bicyclic) bond motifs is 4. The fraction of sp³-hybridized carbons (Fsp3) is 0.273. The van der Waals surface area contributed by atoms with E-state index in [-0.39, 0.29) is 17.8 Å². The quantitative estimate of drug-likeness (QED) is 0.591. The van der Waals surface area contributed by atoms with Crippen molar-refractivity contribution in [2.24, 2.45) is 0 Å². The smallest absolute Gasteiger partial charge is 0.237 e. The average molecular weight is 441 g/mol. The molecule has 1 aromatic heterocycles. The number of ether oxygens (including phenoxy) is 1. The van der Waals surface area contributed by atoms with E-state index in [9.17, 15) is 9.18 Å². The minimum atomic E-state index is -0.607. The number of halogens is 2. The number of carbonyl (C=O) groups excluding carboxylic acids is 1. The Morgan fingerprint density at radius 1 is 1.29 bits per heavy atom. The molecule has 28 heavy (non-hydrogen) atoms. The highest BCUT2D eigenvalue weighted by atomic mass is 79.9. The second-order valence-electron chi connectivity index (χ2n) is 7.58. The van der Waals surface area contributed by atoms with Gasteiger partial charge < -0.3 is 9.64 Å². The lowest BCUT2D eigenvalue weighted by molar-refractivity contribution is -0.134. The second kappa shape index (κ2) is 6.36. The molecule has 0 N–H and O–H groups in total. The van der Waals surface area contributed by atoms with Crippen molar-refractivity contribution in [3.05, 3.63) is 70.1 Å². The van der Waals surface area contributed by atoms with Crippen LogP contribution in [0.3, 0.4) is 0 Å². The summed E-state index contributed by atoms with van der Waals surface area (Å²) in [4.78, 5) is 19.2. The number of hydrogen-bond donors (Lipinski definition) is 0. The summed E-state index contributed by atoms with van der Waals surface area (Å²) in [6, 6.07) is 13.2. The summed E-state index contributed by atoms with van der Waals surface area (Å²) >= 11 is 3.27. The molecule has 2 heterocycles. The summed E-state index contributed by atoms with van der Waals surface area (Å²) in [5, 5.41) is 0.824. The number of benzene rings is 2. The van der Waals surface area contributed by atoms with E-state index in [1.165, 1.54) is 6.07 Å². The zero-order chi connectivity index (χ0) is 19.5. The van der Waals surface area contributed by atoms with Gasteiger partial charge in [0.1, 0.15) is 5.82 Å². The Morgan fingerprint density at radius 3 is 2.79 bits per heavy atom. The SMILES string of the molecule is CN1C(=O)C2(CC(OCc3ccccc3)C2)c2c1cnc1cc(F)c(Br)cc21. The Balaban J connectivity index is 1.48. The maximum atomic E-state index is 14.0. The molecule has 0 radical (unpaired) electrons. The highest BCUT2D eigenvalue weighted by Crippen LogP contribution is 2.56. The first-order valence-corrected chi connectivity index (χ1v) is 10.0. The molecule has 3 aromatic rings. The van der Waals surface area contributed by atoms with E-state index < -0.39 is 5.41 Å². The predicted octanol–water partition coefficient (Wildman–Crippen LogP) is 4.73. The molecule has 1 aliphatic carbocycles. The molecule has 2 aliphatic rings. The van der Waals surface area contributed by atoms with E-state index in [4.69, 9.17) is 4.74 Å². The summed E-state index contributed by atoms with van der Waals surface area (Å²) in [7, 11) is 1.78. The van der Waals surface area contributed by atoms with Crippen LogP contribution in [0.5, 0.6) is 0 Å². The standard InChI is InChI=1S/C22H18BrFN2O2/c1-26-19-11-25-18-8-17(24)16(23)7-15(18)20(19)22(21(26)27)9-14(10-22)28-12-13-5-3-2-4-6-13/h2-8,11,14H,9-10,12H2,1H3. The Labute approximate surface area is 170 Å². The first kappa shape index (κ1) is 17.8. The highest BCUT2D eigenvalue weighted by Gasteiger charge is 2.59. The molecule has 6 heteroatoms. The van der Waals surface area contributed by atoms with Crippen LogP contribution in [0.4, 0.5) is 10.1 Å². The number of likely N-dealkylation sites (N-methyl/N-ethyl adjacent to an activating group) is 1. The fourth-order valence-corrected chi connectivity index (χ4v) is 4.82. The molecule has 1 spiro atoms. The molecule has 4 nitrogen and oxygen atoms in total. The largest absolute Gasteiger partial charge is 0.373 e. The van der Waals surface area contributed by atoms with Gasteiger partial charge in [-0.3, -0.25) is 9.78 Å². The van der Waals surface area contributed by atoms with Crippen molar-refractivity contribution < 1.29 is 13.9 Å². The zero-order valence-electron chi connectivity index (χ0n) is 15.3. The zero-order valence-corrected chi connectivity index (χ0v) is 16.9. The number of nitrogens with zero attached hydrogens (tertiary/aromatic N) is 2. The lowest BCUT2D eigenvalue weighted by Crippen LogP contribution is -2.52. The van der Waals surface area contributed by atoms with Gasteiger partial charge >= 0.3 is 0 Å². The summed E-state index contributed by atoms with van der Waals surface area (Å²) in [6.07, 6.45) is 2.96. The van der Waals surface area contributed by atoms with Gasteiger partial charge in [-0.1, -0.05) is 30.3 Å². The average Bonchev–Trinajstić information content (AvgIpc) is 2.89. The number of anilines is 1. The number of rotatable bonds is 3. The van der Waals surface area contributed by atoms with Crippen molar-refractivity contribution in [1.82, 2.24) is 4.98 Å². The monoisotopic (exact) mass is 440 g/mol. The number of carbonyl (C=O) groups is 1. The van der Waals surface area contributed by atoms with Crippen LogP contribution in [0.1, 0.15) is 24.0 Å². The summed E-state index contributed by atoms with van der Waals surface area (Å²) in [6.45, 7) is 0.534. The molecular weight excluding hydrogens is 423 g/mol. The Morgan fingerprint density at radius 2 is 2.04 bits per heavy atom. The molecule has 5 rings (SSSR count). The van der Waals surface area contributed by atoms with Gasteiger partial charge in [0.15, 0.2) is 0 Å². The molecular formula is C22H18BrFN2O2.